The number of ether oxygens (including phenoxy) is 1. The summed E-state index contributed by atoms with van der Waals surface area (Å²) in [7, 11) is -1.92. The van der Waals surface area contributed by atoms with E-state index in [-0.39, 0.29) is 5.04 Å². The van der Waals surface area contributed by atoms with Gasteiger partial charge in [0.25, 0.3) is 0 Å². The second kappa shape index (κ2) is 5.94. The first-order chi connectivity index (χ1) is 11.2. The van der Waals surface area contributed by atoms with Crippen molar-refractivity contribution in [2.45, 2.75) is 51.6 Å². The van der Waals surface area contributed by atoms with Gasteiger partial charge in [0.2, 0.25) is 8.32 Å². The summed E-state index contributed by atoms with van der Waals surface area (Å²) in [5.74, 6) is 1.53. The highest BCUT2D eigenvalue weighted by molar-refractivity contribution is 6.74. The molecular weight excluding hydrogens is 316 g/mol. The Kier molecular flexibility index (Phi) is 4.22. The number of hydrogen-bond donors (Lipinski definition) is 1. The molecule has 0 saturated carbocycles. The third kappa shape index (κ3) is 3.08. The lowest BCUT2D eigenvalue weighted by Crippen LogP contribution is -2.43. The molecule has 2 aromatic rings. The summed E-state index contributed by atoms with van der Waals surface area (Å²) in [6, 6.07) is 13.7. The Morgan fingerprint density at radius 3 is 2.50 bits per heavy atom. The van der Waals surface area contributed by atoms with E-state index >= 15 is 0 Å². The molecule has 0 aromatic heterocycles. The Morgan fingerprint density at radius 1 is 1.08 bits per heavy atom. The van der Waals surface area contributed by atoms with Crippen LogP contribution >= 0.6 is 0 Å². The number of aliphatic hydroxyl groups is 1. The zero-order valence-electron chi connectivity index (χ0n) is 15.1. The summed E-state index contributed by atoms with van der Waals surface area (Å²) in [6.45, 7) is 11.6. The number of hydrogen-bond acceptors (Lipinski definition) is 3. The monoisotopic (exact) mass is 342 g/mol. The van der Waals surface area contributed by atoms with Gasteiger partial charge in [0, 0.05) is 5.56 Å². The number of benzene rings is 2. The summed E-state index contributed by atoms with van der Waals surface area (Å²) in [6.07, 6.45) is -0.693. The van der Waals surface area contributed by atoms with Crippen molar-refractivity contribution in [1.29, 1.82) is 0 Å². The normalized spacial score (nSPS) is 17.3. The van der Waals surface area contributed by atoms with Crippen LogP contribution in [0.25, 0.3) is 0 Å². The van der Waals surface area contributed by atoms with E-state index < -0.39 is 14.4 Å². The molecule has 0 aliphatic carbocycles. The van der Waals surface area contributed by atoms with Crippen LogP contribution in [-0.4, -0.2) is 13.4 Å². The van der Waals surface area contributed by atoms with Crippen LogP contribution in [-0.2, 0) is 6.61 Å². The zero-order chi connectivity index (χ0) is 17.5. The molecule has 0 radical (unpaired) electrons. The van der Waals surface area contributed by atoms with Crippen molar-refractivity contribution >= 4 is 8.32 Å². The van der Waals surface area contributed by atoms with Crippen LogP contribution < -0.4 is 9.16 Å². The fraction of sp³-hybridized carbons (Fsp3) is 0.400. The average Bonchev–Trinajstić information content (AvgIpc) is 2.64. The molecule has 0 amide bonds. The van der Waals surface area contributed by atoms with E-state index in [4.69, 9.17) is 9.16 Å². The van der Waals surface area contributed by atoms with Gasteiger partial charge in [-0.15, -0.1) is 0 Å². The van der Waals surface area contributed by atoms with Crippen molar-refractivity contribution in [1.82, 2.24) is 0 Å². The van der Waals surface area contributed by atoms with Crippen LogP contribution in [0.2, 0.25) is 18.1 Å². The largest absolute Gasteiger partial charge is 0.543 e. The van der Waals surface area contributed by atoms with Gasteiger partial charge in [-0.1, -0.05) is 45.0 Å². The molecule has 0 saturated heterocycles. The SMILES string of the molecule is CC(C)(C)[Si](C)(C)Oc1ccc2c(c1)C(O)c1ccccc1CO2. The van der Waals surface area contributed by atoms with E-state index in [2.05, 4.69) is 33.9 Å². The lowest BCUT2D eigenvalue weighted by atomic mass is 9.97. The Labute approximate surface area is 145 Å². The van der Waals surface area contributed by atoms with Gasteiger partial charge < -0.3 is 14.3 Å². The van der Waals surface area contributed by atoms with Crippen molar-refractivity contribution in [3.05, 3.63) is 59.2 Å². The highest BCUT2D eigenvalue weighted by atomic mass is 28.4. The molecule has 0 fully saturated rings. The fourth-order valence-electron chi connectivity index (χ4n) is 2.64. The topological polar surface area (TPSA) is 38.7 Å². The molecule has 1 heterocycles. The maximum Gasteiger partial charge on any atom is 0.250 e. The van der Waals surface area contributed by atoms with Gasteiger partial charge in [-0.25, -0.2) is 0 Å². The molecule has 1 unspecified atom stereocenters. The van der Waals surface area contributed by atoms with E-state index in [1.807, 2.05) is 42.5 Å². The first-order valence-electron chi connectivity index (χ1n) is 8.41. The minimum Gasteiger partial charge on any atom is -0.543 e. The summed E-state index contributed by atoms with van der Waals surface area (Å²) < 4.78 is 12.3. The standard InChI is InChI=1S/C20H26O3Si/c1-20(2,3)24(4,5)23-15-10-11-18-17(12-15)19(21)16-9-7-6-8-14(16)13-22-18/h6-12,19,21H,13H2,1-5H3. The summed E-state index contributed by atoms with van der Waals surface area (Å²) in [4.78, 5) is 0. The predicted octanol–water partition coefficient (Wildman–Crippen LogP) is 5.04. The Morgan fingerprint density at radius 2 is 1.79 bits per heavy atom. The van der Waals surface area contributed by atoms with Crippen molar-refractivity contribution in [3.63, 3.8) is 0 Å². The second-order valence-electron chi connectivity index (χ2n) is 7.95. The third-order valence-corrected chi connectivity index (χ3v) is 9.55. The van der Waals surface area contributed by atoms with E-state index in [0.29, 0.717) is 6.61 Å². The second-order valence-corrected chi connectivity index (χ2v) is 12.7. The third-order valence-electron chi connectivity index (χ3n) is 5.19. The molecule has 0 spiro atoms. The van der Waals surface area contributed by atoms with Crippen molar-refractivity contribution in [3.8, 4) is 11.5 Å². The molecular formula is C20H26O3Si. The molecule has 3 rings (SSSR count). The minimum atomic E-state index is -1.92. The molecule has 3 nitrogen and oxygen atoms in total. The summed E-state index contributed by atoms with van der Waals surface area (Å²) in [5, 5.41) is 11.0. The molecule has 1 N–H and O–H groups in total. The maximum atomic E-state index is 10.9. The molecule has 24 heavy (non-hydrogen) atoms. The quantitative estimate of drug-likeness (QED) is 0.777. The van der Waals surface area contributed by atoms with Gasteiger partial charge in [-0.3, -0.25) is 0 Å². The molecule has 1 atom stereocenters. The highest BCUT2D eigenvalue weighted by Crippen LogP contribution is 2.41. The van der Waals surface area contributed by atoms with Gasteiger partial charge in [-0.2, -0.15) is 0 Å². The van der Waals surface area contributed by atoms with E-state index in [9.17, 15) is 5.11 Å². The fourth-order valence-corrected chi connectivity index (χ4v) is 3.66. The van der Waals surface area contributed by atoms with Crippen molar-refractivity contribution in [2.75, 3.05) is 0 Å². The zero-order valence-corrected chi connectivity index (χ0v) is 16.1. The van der Waals surface area contributed by atoms with Gasteiger partial charge >= 0.3 is 0 Å². The molecule has 2 aromatic carbocycles. The number of aliphatic hydroxyl groups excluding tert-OH is 1. The van der Waals surface area contributed by atoms with E-state index in [0.717, 1.165) is 28.2 Å². The van der Waals surface area contributed by atoms with E-state index in [1.165, 1.54) is 0 Å². The Balaban J connectivity index is 1.97. The maximum absolute atomic E-state index is 10.9. The van der Waals surface area contributed by atoms with Crippen LogP contribution in [0, 0.1) is 0 Å². The molecule has 0 bridgehead atoms. The Hall–Kier alpha value is -1.78. The number of fused-ring (bicyclic) bond motifs is 2. The van der Waals surface area contributed by atoms with Crippen LogP contribution in [0.4, 0.5) is 0 Å². The van der Waals surface area contributed by atoms with Crippen LogP contribution in [0.3, 0.4) is 0 Å². The van der Waals surface area contributed by atoms with Crippen LogP contribution in [0.1, 0.15) is 43.6 Å². The first kappa shape index (κ1) is 17.1. The highest BCUT2D eigenvalue weighted by Gasteiger charge is 2.39. The minimum absolute atomic E-state index is 0.126. The van der Waals surface area contributed by atoms with Gasteiger partial charge in [0.05, 0.1) is 0 Å². The Bertz CT molecular complexity index is 747. The predicted molar refractivity (Wildman–Crippen MR) is 99.1 cm³/mol. The van der Waals surface area contributed by atoms with Crippen LogP contribution in [0.15, 0.2) is 42.5 Å². The molecule has 128 valence electrons. The number of rotatable bonds is 2. The molecule has 4 heteroatoms. The smallest absolute Gasteiger partial charge is 0.250 e. The van der Waals surface area contributed by atoms with Gasteiger partial charge in [0.1, 0.15) is 24.2 Å². The van der Waals surface area contributed by atoms with Gasteiger partial charge in [0.15, 0.2) is 0 Å². The molecule has 1 aliphatic rings. The van der Waals surface area contributed by atoms with Gasteiger partial charge in [-0.05, 0) is 47.5 Å². The first-order valence-corrected chi connectivity index (χ1v) is 11.3. The average molecular weight is 343 g/mol. The van der Waals surface area contributed by atoms with Crippen molar-refractivity contribution < 1.29 is 14.3 Å². The lowest BCUT2D eigenvalue weighted by molar-refractivity contribution is 0.218. The lowest BCUT2D eigenvalue weighted by Gasteiger charge is -2.36. The summed E-state index contributed by atoms with van der Waals surface area (Å²) >= 11 is 0. The van der Waals surface area contributed by atoms with E-state index in [1.54, 1.807) is 0 Å². The van der Waals surface area contributed by atoms with Crippen LogP contribution in [0.5, 0.6) is 11.5 Å². The summed E-state index contributed by atoms with van der Waals surface area (Å²) in [5.41, 5.74) is 2.70. The molecule has 1 aliphatic heterocycles. The van der Waals surface area contributed by atoms with Crippen molar-refractivity contribution in [2.24, 2.45) is 0 Å².